The van der Waals surface area contributed by atoms with Gasteiger partial charge in [0.15, 0.2) is 0 Å². The van der Waals surface area contributed by atoms with E-state index in [1.807, 2.05) is 0 Å². The van der Waals surface area contributed by atoms with Gasteiger partial charge in [0.05, 0.1) is 6.10 Å². The van der Waals surface area contributed by atoms with Crippen molar-refractivity contribution in [2.45, 2.75) is 31.3 Å². The van der Waals surface area contributed by atoms with Crippen molar-refractivity contribution in [1.29, 1.82) is 0 Å². The zero-order chi connectivity index (χ0) is 16.6. The Labute approximate surface area is 151 Å². The van der Waals surface area contributed by atoms with Crippen LogP contribution in [0.4, 0.5) is 8.78 Å². The Morgan fingerprint density at radius 1 is 0.957 bits per heavy atom. The molecule has 2 aromatic carbocycles. The predicted molar refractivity (Wildman–Crippen MR) is 93.1 cm³/mol. The maximum Gasteiger partial charge on any atom is 0.128 e. The van der Waals surface area contributed by atoms with Gasteiger partial charge in [0.25, 0.3) is 0 Å². The van der Waals surface area contributed by atoms with Crippen LogP contribution in [0.2, 0.25) is 0 Å². The fraction of sp³-hybridized carbons (Fsp3) is 0.278. The third-order valence-electron chi connectivity index (χ3n) is 4.30. The van der Waals surface area contributed by atoms with Gasteiger partial charge in [0.1, 0.15) is 11.6 Å². The maximum atomic E-state index is 14.4. The van der Waals surface area contributed by atoms with Crippen LogP contribution >= 0.6 is 31.9 Å². The lowest BCUT2D eigenvalue weighted by Crippen LogP contribution is -2.31. The van der Waals surface area contributed by atoms with Gasteiger partial charge in [-0.1, -0.05) is 44.0 Å². The molecule has 1 fully saturated rings. The van der Waals surface area contributed by atoms with Crippen molar-refractivity contribution in [2.24, 2.45) is 0 Å². The van der Waals surface area contributed by atoms with E-state index in [0.717, 1.165) is 12.3 Å². The van der Waals surface area contributed by atoms with E-state index in [1.165, 1.54) is 12.1 Å². The van der Waals surface area contributed by atoms with Crippen molar-refractivity contribution in [3.05, 3.63) is 74.0 Å². The number of halogens is 4. The van der Waals surface area contributed by atoms with Gasteiger partial charge < -0.3 is 5.11 Å². The van der Waals surface area contributed by atoms with E-state index < -0.39 is 17.8 Å². The third-order valence-corrected chi connectivity index (χ3v) is 5.65. The number of aliphatic hydroxyl groups excluding tert-OH is 1. The molecule has 0 spiro atoms. The molecule has 2 aromatic rings. The lowest BCUT2D eigenvalue weighted by molar-refractivity contribution is 0.117. The average molecular weight is 445 g/mol. The lowest BCUT2D eigenvalue weighted by atomic mass is 9.70. The average Bonchev–Trinajstić information content (AvgIpc) is 2.49. The molecule has 1 saturated carbocycles. The minimum atomic E-state index is -0.738. The van der Waals surface area contributed by atoms with E-state index in [-0.39, 0.29) is 5.82 Å². The van der Waals surface area contributed by atoms with Gasteiger partial charge in [-0.25, -0.2) is 8.78 Å². The standard InChI is InChI=1S/C18H15Br2F2O/c19-11-5-2-7-13(21)16(11)10-4-1-9-15(23)17(10)18-12(20)6-3-8-14(18)22/h2-3,5-8,15,17,23H,1,4,9H2. The molecule has 1 aliphatic rings. The number of hydrogen-bond acceptors (Lipinski definition) is 1. The summed E-state index contributed by atoms with van der Waals surface area (Å²) >= 11 is 6.77. The molecule has 0 aromatic heterocycles. The number of benzene rings is 2. The second-order valence-electron chi connectivity index (χ2n) is 5.69. The SMILES string of the molecule is OC1CCC[C](c2c(F)cccc2Br)C1c1c(F)cccc1Br. The van der Waals surface area contributed by atoms with E-state index in [2.05, 4.69) is 31.9 Å². The molecule has 1 radical (unpaired) electrons. The van der Waals surface area contributed by atoms with Gasteiger partial charge in [0.2, 0.25) is 0 Å². The van der Waals surface area contributed by atoms with Crippen LogP contribution in [-0.4, -0.2) is 11.2 Å². The Balaban J connectivity index is 2.15. The normalized spacial score (nSPS) is 22.3. The Bertz CT molecular complexity index is 680. The Hall–Kier alpha value is -0.780. The monoisotopic (exact) mass is 443 g/mol. The molecule has 0 saturated heterocycles. The summed E-state index contributed by atoms with van der Waals surface area (Å²) in [6.45, 7) is 0. The Kier molecular flexibility index (Phi) is 5.19. The van der Waals surface area contributed by atoms with Crippen LogP contribution in [0.1, 0.15) is 36.3 Å². The number of rotatable bonds is 2. The lowest BCUT2D eigenvalue weighted by Gasteiger charge is -2.37. The number of aliphatic hydroxyl groups is 1. The summed E-state index contributed by atoms with van der Waals surface area (Å²) in [6, 6.07) is 9.50. The first-order valence-corrected chi connectivity index (χ1v) is 9.01. The molecule has 3 rings (SSSR count). The third kappa shape index (κ3) is 3.24. The summed E-state index contributed by atoms with van der Waals surface area (Å²) < 4.78 is 30.1. The van der Waals surface area contributed by atoms with Gasteiger partial charge in [-0.15, -0.1) is 0 Å². The second kappa shape index (κ2) is 6.99. The van der Waals surface area contributed by atoms with Crippen molar-refractivity contribution in [3.63, 3.8) is 0 Å². The summed E-state index contributed by atoms with van der Waals surface area (Å²) in [5.74, 6) is -0.580. The molecule has 1 N–H and O–H groups in total. The van der Waals surface area contributed by atoms with Crippen LogP contribution in [0, 0.1) is 17.6 Å². The minimum Gasteiger partial charge on any atom is -0.392 e. The fourth-order valence-electron chi connectivity index (χ4n) is 3.32. The quantitative estimate of drug-likeness (QED) is 0.626. The van der Waals surface area contributed by atoms with Crippen molar-refractivity contribution in [3.8, 4) is 0 Å². The number of hydrogen-bond donors (Lipinski definition) is 1. The first-order valence-electron chi connectivity index (χ1n) is 7.42. The molecule has 121 valence electrons. The largest absolute Gasteiger partial charge is 0.392 e. The molecule has 2 atom stereocenters. The molecule has 2 unspecified atom stereocenters. The molecule has 0 amide bonds. The van der Waals surface area contributed by atoms with Crippen LogP contribution in [0.25, 0.3) is 0 Å². The van der Waals surface area contributed by atoms with Gasteiger partial charge in [-0.3, -0.25) is 0 Å². The van der Waals surface area contributed by atoms with Crippen LogP contribution in [-0.2, 0) is 0 Å². The van der Waals surface area contributed by atoms with Gasteiger partial charge in [-0.05, 0) is 43.5 Å². The molecule has 23 heavy (non-hydrogen) atoms. The van der Waals surface area contributed by atoms with E-state index in [4.69, 9.17) is 0 Å². The molecule has 0 aliphatic heterocycles. The van der Waals surface area contributed by atoms with Crippen molar-refractivity contribution in [2.75, 3.05) is 0 Å². The first kappa shape index (κ1) is 17.1. The summed E-state index contributed by atoms with van der Waals surface area (Å²) in [6.07, 6.45) is 1.21. The molecule has 0 bridgehead atoms. The highest BCUT2D eigenvalue weighted by Crippen LogP contribution is 2.48. The van der Waals surface area contributed by atoms with Crippen LogP contribution in [0.3, 0.4) is 0 Å². The molecule has 5 heteroatoms. The minimum absolute atomic E-state index is 0.360. The Morgan fingerprint density at radius 3 is 2.26 bits per heavy atom. The van der Waals surface area contributed by atoms with Crippen LogP contribution < -0.4 is 0 Å². The summed E-state index contributed by atoms with van der Waals surface area (Å²) in [5, 5.41) is 10.5. The highest BCUT2D eigenvalue weighted by Gasteiger charge is 2.39. The van der Waals surface area contributed by atoms with Crippen molar-refractivity contribution < 1.29 is 13.9 Å². The zero-order valence-corrected chi connectivity index (χ0v) is 15.4. The van der Waals surface area contributed by atoms with Gasteiger partial charge in [0, 0.05) is 31.9 Å². The highest BCUT2D eigenvalue weighted by molar-refractivity contribution is 9.10. The molecule has 0 heterocycles. The molecule has 1 aliphatic carbocycles. The highest BCUT2D eigenvalue weighted by atomic mass is 79.9. The molecular formula is C18H15Br2F2O. The van der Waals surface area contributed by atoms with E-state index >= 15 is 0 Å². The second-order valence-corrected chi connectivity index (χ2v) is 7.40. The first-order chi connectivity index (χ1) is 11.0. The smallest absolute Gasteiger partial charge is 0.128 e. The van der Waals surface area contributed by atoms with E-state index in [0.29, 0.717) is 32.9 Å². The van der Waals surface area contributed by atoms with Crippen LogP contribution in [0.15, 0.2) is 45.3 Å². The maximum absolute atomic E-state index is 14.4. The van der Waals surface area contributed by atoms with Crippen molar-refractivity contribution >= 4 is 31.9 Å². The van der Waals surface area contributed by atoms with Crippen molar-refractivity contribution in [1.82, 2.24) is 0 Å². The fourth-order valence-corrected chi connectivity index (χ4v) is 4.50. The van der Waals surface area contributed by atoms with Crippen LogP contribution in [0.5, 0.6) is 0 Å². The Morgan fingerprint density at radius 2 is 1.61 bits per heavy atom. The van der Waals surface area contributed by atoms with Gasteiger partial charge >= 0.3 is 0 Å². The summed E-state index contributed by atoms with van der Waals surface area (Å²) in [7, 11) is 0. The summed E-state index contributed by atoms with van der Waals surface area (Å²) in [5.41, 5.74) is 0.830. The topological polar surface area (TPSA) is 20.2 Å². The summed E-state index contributed by atoms with van der Waals surface area (Å²) in [4.78, 5) is 0. The van der Waals surface area contributed by atoms with Gasteiger partial charge in [-0.2, -0.15) is 0 Å². The molecular weight excluding hydrogens is 430 g/mol. The van der Waals surface area contributed by atoms with E-state index in [9.17, 15) is 13.9 Å². The van der Waals surface area contributed by atoms with E-state index in [1.54, 1.807) is 24.3 Å². The predicted octanol–water partition coefficient (Wildman–Crippen LogP) is 5.74. The molecule has 1 nitrogen and oxygen atoms in total. The zero-order valence-electron chi connectivity index (χ0n) is 12.2.